The molecule has 3 rings (SSSR count). The fraction of sp³-hybridized carbons (Fsp3) is 0.429. The highest BCUT2D eigenvalue weighted by Gasteiger charge is 2.50. The number of hydrogen-bond donors (Lipinski definition) is 0. The first-order chi connectivity index (χ1) is 13.9. The average molecular weight is 419 g/mol. The summed E-state index contributed by atoms with van der Waals surface area (Å²) in [7, 11) is 0. The number of amides is 4. The third kappa shape index (κ3) is 4.12. The normalized spacial score (nSPS) is 18.5. The molecule has 0 N–H and O–H groups in total. The summed E-state index contributed by atoms with van der Waals surface area (Å²) in [4.78, 5) is 41.9. The summed E-state index contributed by atoms with van der Waals surface area (Å²) in [6, 6.07) is 3.55. The smallest absolute Gasteiger partial charge is 0.339 e. The first kappa shape index (κ1) is 21.2. The molecule has 0 fully saturated rings. The number of hydrogen-bond acceptors (Lipinski definition) is 4. The van der Waals surface area contributed by atoms with E-state index in [2.05, 4.69) is 0 Å². The molecule has 0 saturated carbocycles. The van der Waals surface area contributed by atoms with Gasteiger partial charge in [0, 0.05) is 13.1 Å². The first-order valence-electron chi connectivity index (χ1n) is 9.77. The third-order valence-electron chi connectivity index (χ3n) is 4.93. The van der Waals surface area contributed by atoms with Crippen molar-refractivity contribution in [3.63, 3.8) is 0 Å². The monoisotopic (exact) mass is 418 g/mol. The van der Waals surface area contributed by atoms with Gasteiger partial charge in [-0.3, -0.25) is 4.79 Å². The molecule has 8 heteroatoms. The summed E-state index contributed by atoms with van der Waals surface area (Å²) in [5, 5.41) is 1.18. The lowest BCUT2D eigenvalue weighted by Crippen LogP contribution is -2.57. The summed E-state index contributed by atoms with van der Waals surface area (Å²) >= 11 is 1.30. The van der Waals surface area contributed by atoms with Gasteiger partial charge in [0.25, 0.3) is 5.91 Å². The van der Waals surface area contributed by atoms with Crippen molar-refractivity contribution in [3.05, 3.63) is 41.1 Å². The van der Waals surface area contributed by atoms with Crippen LogP contribution in [0.4, 0.5) is 14.9 Å². The molecule has 6 nitrogen and oxygen atoms in total. The second-order valence-corrected chi connectivity index (χ2v) is 8.12. The zero-order valence-electron chi connectivity index (χ0n) is 16.9. The van der Waals surface area contributed by atoms with Gasteiger partial charge in [0.15, 0.2) is 11.8 Å². The Bertz CT molecular complexity index is 906. The Morgan fingerprint density at radius 1 is 1.24 bits per heavy atom. The molecule has 154 valence electrons. The number of allylic oxidation sites excluding steroid dienone is 1. The number of carbonyl (C=O) groups excluding carboxylic acids is 3. The highest BCUT2D eigenvalue weighted by atomic mass is 32.2. The molecule has 29 heavy (non-hydrogen) atoms. The van der Waals surface area contributed by atoms with E-state index in [1.54, 1.807) is 23.3 Å². The van der Waals surface area contributed by atoms with Crippen molar-refractivity contribution in [3.8, 4) is 0 Å². The van der Waals surface area contributed by atoms with Crippen molar-refractivity contribution in [2.75, 3.05) is 24.5 Å². The Kier molecular flexibility index (Phi) is 6.52. The van der Waals surface area contributed by atoms with Gasteiger partial charge in [-0.2, -0.15) is 9.37 Å². The zero-order chi connectivity index (χ0) is 21.1. The number of rotatable bonds is 7. The topological polar surface area (TPSA) is 60.7 Å². The number of carbonyl (C=O) groups is 3. The Morgan fingerprint density at radius 3 is 2.55 bits per heavy atom. The van der Waals surface area contributed by atoms with Crippen LogP contribution < -0.4 is 4.90 Å². The summed E-state index contributed by atoms with van der Waals surface area (Å²) in [5.74, 6) is -0.937. The van der Waals surface area contributed by atoms with E-state index in [1.807, 2.05) is 13.8 Å². The van der Waals surface area contributed by atoms with Gasteiger partial charge in [-0.05, 0) is 55.0 Å². The Morgan fingerprint density at radius 2 is 1.93 bits per heavy atom. The molecule has 1 aromatic rings. The number of halogens is 1. The highest BCUT2D eigenvalue weighted by Crippen LogP contribution is 2.31. The van der Waals surface area contributed by atoms with Gasteiger partial charge in [-0.25, -0.2) is 9.18 Å². The third-order valence-corrected chi connectivity index (χ3v) is 5.94. The average Bonchev–Trinajstić information content (AvgIpc) is 3.18. The summed E-state index contributed by atoms with van der Waals surface area (Å²) in [5.41, 5.74) is 1.18. The van der Waals surface area contributed by atoms with Crippen LogP contribution in [0.3, 0.4) is 0 Å². The van der Waals surface area contributed by atoms with Gasteiger partial charge in [-0.1, -0.05) is 13.8 Å². The lowest BCUT2D eigenvalue weighted by Gasteiger charge is -2.26. The molecule has 4 amide bonds. The van der Waals surface area contributed by atoms with Crippen LogP contribution in [-0.4, -0.2) is 57.9 Å². The summed E-state index contributed by atoms with van der Waals surface area (Å²) in [6.07, 6.45) is 3.37. The van der Waals surface area contributed by atoms with Crippen LogP contribution in [0.25, 0.3) is 0 Å². The van der Waals surface area contributed by atoms with Crippen LogP contribution in [0.15, 0.2) is 29.7 Å². The largest absolute Gasteiger partial charge is 0.506 e. The Labute approximate surface area is 174 Å². The van der Waals surface area contributed by atoms with E-state index in [0.717, 1.165) is 17.7 Å². The molecule has 0 bridgehead atoms. The molecule has 2 aliphatic rings. The van der Waals surface area contributed by atoms with Gasteiger partial charge in [0.2, 0.25) is 0 Å². The number of aryl methyl sites for hydroxylation is 1. The maximum absolute atomic E-state index is 13.7. The number of benzene rings is 1. The van der Waals surface area contributed by atoms with E-state index in [9.17, 15) is 18.8 Å². The number of imide groups is 1. The van der Waals surface area contributed by atoms with Gasteiger partial charge in [0.05, 0.1) is 0 Å². The van der Waals surface area contributed by atoms with Crippen molar-refractivity contribution in [2.24, 2.45) is 0 Å². The molecule has 1 atom stereocenters. The van der Waals surface area contributed by atoms with Crippen LogP contribution in [-0.2, 0) is 9.59 Å². The van der Waals surface area contributed by atoms with E-state index < -0.39 is 17.1 Å². The SMILES string of the molecule is CCCN(CCC)C(=O)C[N+]1=C2C=CSC2C(=O)N(c2ccc(F)c(C)c2)C1=O. The van der Waals surface area contributed by atoms with Gasteiger partial charge in [0.1, 0.15) is 17.2 Å². The second-order valence-electron chi connectivity index (χ2n) is 7.10. The maximum Gasteiger partial charge on any atom is 0.506 e. The van der Waals surface area contributed by atoms with Gasteiger partial charge >= 0.3 is 11.9 Å². The number of nitrogens with zero attached hydrogens (tertiary/aromatic N) is 3. The van der Waals surface area contributed by atoms with Crippen LogP contribution in [0, 0.1) is 12.7 Å². The van der Waals surface area contributed by atoms with Crippen molar-refractivity contribution in [2.45, 2.75) is 38.9 Å². The van der Waals surface area contributed by atoms with Crippen LogP contribution >= 0.6 is 11.8 Å². The number of thioether (sulfide) groups is 1. The molecule has 1 unspecified atom stereocenters. The van der Waals surface area contributed by atoms with E-state index >= 15 is 0 Å². The standard InChI is InChI=1S/C21H25FN3O3S/c1-4-9-23(10-5-2)18(26)13-24-17-8-11-29-19(17)20(27)25(21(24)28)15-6-7-16(22)14(3)12-15/h6-8,11-12,19H,4-5,9-10,13H2,1-3H3/q+1. The lowest BCUT2D eigenvalue weighted by molar-refractivity contribution is -0.416. The first-order valence-corrected chi connectivity index (χ1v) is 10.7. The Balaban J connectivity index is 1.96. The highest BCUT2D eigenvalue weighted by molar-refractivity contribution is 8.04. The molecule has 2 heterocycles. The molecule has 0 aromatic heterocycles. The number of fused-ring (bicyclic) bond motifs is 1. The van der Waals surface area contributed by atoms with Crippen LogP contribution in [0.5, 0.6) is 0 Å². The minimum absolute atomic E-state index is 0.125. The predicted octanol–water partition coefficient (Wildman–Crippen LogP) is 3.33. The van der Waals surface area contributed by atoms with E-state index in [1.165, 1.54) is 34.5 Å². The van der Waals surface area contributed by atoms with Crippen molar-refractivity contribution in [1.29, 1.82) is 0 Å². The van der Waals surface area contributed by atoms with E-state index in [4.69, 9.17) is 0 Å². The maximum atomic E-state index is 13.7. The number of anilines is 1. The van der Waals surface area contributed by atoms with E-state index in [0.29, 0.717) is 30.1 Å². The Hall–Kier alpha value is -2.48. The molecule has 0 saturated heterocycles. The summed E-state index contributed by atoms with van der Waals surface area (Å²) < 4.78 is 15.1. The van der Waals surface area contributed by atoms with Gasteiger partial charge in [-0.15, -0.1) is 16.7 Å². The van der Waals surface area contributed by atoms with Crippen molar-refractivity contribution >= 4 is 41.0 Å². The van der Waals surface area contributed by atoms with Crippen LogP contribution in [0.1, 0.15) is 32.3 Å². The molecule has 1 aromatic carbocycles. The van der Waals surface area contributed by atoms with E-state index in [-0.39, 0.29) is 18.4 Å². The molecular weight excluding hydrogens is 393 g/mol. The van der Waals surface area contributed by atoms with Crippen molar-refractivity contribution in [1.82, 2.24) is 4.90 Å². The minimum Gasteiger partial charge on any atom is -0.339 e. The molecule has 0 radical (unpaired) electrons. The van der Waals surface area contributed by atoms with Gasteiger partial charge < -0.3 is 4.90 Å². The molecule has 2 aliphatic heterocycles. The lowest BCUT2D eigenvalue weighted by atomic mass is 10.1. The predicted molar refractivity (Wildman–Crippen MR) is 112 cm³/mol. The molecule has 0 spiro atoms. The summed E-state index contributed by atoms with van der Waals surface area (Å²) in [6.45, 7) is 6.70. The fourth-order valence-corrected chi connectivity index (χ4v) is 4.45. The quantitative estimate of drug-likeness (QED) is 0.638. The van der Waals surface area contributed by atoms with Crippen LogP contribution in [0.2, 0.25) is 0 Å². The zero-order valence-corrected chi connectivity index (χ0v) is 17.7. The molecule has 0 aliphatic carbocycles. The second kappa shape index (κ2) is 8.90. The number of urea groups is 1. The van der Waals surface area contributed by atoms with Crippen molar-refractivity contribution < 1.29 is 23.3 Å². The minimum atomic E-state index is -0.586. The molecular formula is C21H25FN3O3S+. The fourth-order valence-electron chi connectivity index (χ4n) is 3.50.